The number of likely N-dealkylation sites (N-methyl/N-ethyl adjacent to an activating group) is 1. The lowest BCUT2D eigenvalue weighted by Gasteiger charge is -2.26. The number of carboxylic acid groups (broad SMARTS) is 1. The Hall–Kier alpha value is -1.34. The van der Waals surface area contributed by atoms with E-state index in [4.69, 9.17) is 14.6 Å². The van der Waals surface area contributed by atoms with Gasteiger partial charge in [0.05, 0.1) is 13.2 Å². The number of urea groups is 1. The number of carboxylic acids is 1. The van der Waals surface area contributed by atoms with Crippen molar-refractivity contribution in [1.29, 1.82) is 0 Å². The Morgan fingerprint density at radius 3 is 2.50 bits per heavy atom. The van der Waals surface area contributed by atoms with E-state index in [1.807, 2.05) is 0 Å². The summed E-state index contributed by atoms with van der Waals surface area (Å²) in [6.45, 7) is 1.93. The third-order valence-corrected chi connectivity index (χ3v) is 3.11. The van der Waals surface area contributed by atoms with Crippen LogP contribution < -0.4 is 0 Å². The molecule has 1 saturated carbocycles. The second-order valence-electron chi connectivity index (χ2n) is 5.03. The fraction of sp³-hybridized carbons (Fsp3) is 0.846. The monoisotopic (exact) mass is 288 g/mol. The number of ether oxygens (including phenoxy) is 2. The summed E-state index contributed by atoms with van der Waals surface area (Å²) < 4.78 is 10.4. The van der Waals surface area contributed by atoms with Crippen LogP contribution in [0.2, 0.25) is 0 Å². The third-order valence-electron chi connectivity index (χ3n) is 3.11. The number of carbonyl (C=O) groups is 2. The number of hydrogen-bond acceptors (Lipinski definition) is 4. The van der Waals surface area contributed by atoms with Crippen molar-refractivity contribution in [1.82, 2.24) is 9.80 Å². The Kier molecular flexibility index (Phi) is 7.32. The number of carbonyl (C=O) groups excluding carboxylic acids is 1. The fourth-order valence-corrected chi connectivity index (χ4v) is 1.68. The lowest BCUT2D eigenvalue weighted by atomic mass is 10.4. The van der Waals surface area contributed by atoms with E-state index in [-0.39, 0.29) is 19.1 Å². The van der Waals surface area contributed by atoms with E-state index in [0.717, 1.165) is 6.61 Å². The van der Waals surface area contributed by atoms with E-state index in [1.54, 1.807) is 7.05 Å². The van der Waals surface area contributed by atoms with Crippen LogP contribution >= 0.6 is 0 Å². The SMILES string of the molecule is COCCN(CC(=O)O)C(=O)N(C)CCOCC1CC1. The van der Waals surface area contributed by atoms with Gasteiger partial charge in [-0.05, 0) is 18.8 Å². The second kappa shape index (κ2) is 8.76. The summed E-state index contributed by atoms with van der Waals surface area (Å²) in [4.78, 5) is 25.6. The van der Waals surface area contributed by atoms with Crippen LogP contribution in [0.15, 0.2) is 0 Å². The molecule has 7 nitrogen and oxygen atoms in total. The molecule has 0 spiro atoms. The molecule has 1 fully saturated rings. The minimum atomic E-state index is -1.03. The van der Waals surface area contributed by atoms with Crippen LogP contribution in [0.3, 0.4) is 0 Å². The molecule has 0 unspecified atom stereocenters. The van der Waals surface area contributed by atoms with Gasteiger partial charge in [0, 0.05) is 33.9 Å². The summed E-state index contributed by atoms with van der Waals surface area (Å²) in [6, 6.07) is -0.320. The molecule has 7 heteroatoms. The summed E-state index contributed by atoms with van der Waals surface area (Å²) in [5, 5.41) is 8.82. The molecule has 116 valence electrons. The minimum Gasteiger partial charge on any atom is -0.480 e. The summed E-state index contributed by atoms with van der Waals surface area (Å²) in [7, 11) is 3.16. The zero-order valence-electron chi connectivity index (χ0n) is 12.2. The van der Waals surface area contributed by atoms with Gasteiger partial charge in [0.1, 0.15) is 6.54 Å². The minimum absolute atomic E-state index is 0.259. The maximum absolute atomic E-state index is 12.1. The maximum Gasteiger partial charge on any atom is 0.323 e. The Balaban J connectivity index is 2.29. The highest BCUT2D eigenvalue weighted by molar-refractivity contribution is 5.80. The van der Waals surface area contributed by atoms with E-state index in [1.165, 1.54) is 29.8 Å². The molecule has 0 bridgehead atoms. The van der Waals surface area contributed by atoms with Crippen molar-refractivity contribution in [3.8, 4) is 0 Å². The van der Waals surface area contributed by atoms with Gasteiger partial charge in [-0.15, -0.1) is 0 Å². The molecule has 0 atom stereocenters. The van der Waals surface area contributed by atoms with E-state index in [9.17, 15) is 9.59 Å². The van der Waals surface area contributed by atoms with Crippen molar-refractivity contribution in [2.45, 2.75) is 12.8 Å². The van der Waals surface area contributed by atoms with Crippen LogP contribution in [-0.2, 0) is 14.3 Å². The molecular formula is C13H24N2O5. The molecular weight excluding hydrogens is 264 g/mol. The lowest BCUT2D eigenvalue weighted by molar-refractivity contribution is -0.137. The van der Waals surface area contributed by atoms with Gasteiger partial charge < -0.3 is 24.4 Å². The third kappa shape index (κ3) is 6.72. The zero-order chi connectivity index (χ0) is 15.0. The van der Waals surface area contributed by atoms with Crippen molar-refractivity contribution in [3.05, 3.63) is 0 Å². The quantitative estimate of drug-likeness (QED) is 0.592. The average Bonchev–Trinajstić information content (AvgIpc) is 3.22. The Bertz CT molecular complexity index is 320. The van der Waals surface area contributed by atoms with Crippen LogP contribution in [0.5, 0.6) is 0 Å². The standard InChI is InChI=1S/C13H24N2O5/c1-14(5-8-20-10-11-3-4-11)13(18)15(6-7-19-2)9-12(16)17/h11H,3-10H2,1-2H3,(H,16,17). The number of nitrogens with zero attached hydrogens (tertiary/aromatic N) is 2. The van der Waals surface area contributed by atoms with E-state index >= 15 is 0 Å². The molecule has 1 aliphatic carbocycles. The highest BCUT2D eigenvalue weighted by Crippen LogP contribution is 2.28. The van der Waals surface area contributed by atoms with Gasteiger partial charge in [-0.25, -0.2) is 4.79 Å². The Morgan fingerprint density at radius 1 is 1.25 bits per heavy atom. The molecule has 0 aromatic carbocycles. The molecule has 2 amide bonds. The van der Waals surface area contributed by atoms with Crippen LogP contribution in [0.1, 0.15) is 12.8 Å². The Morgan fingerprint density at radius 2 is 1.95 bits per heavy atom. The first-order valence-corrected chi connectivity index (χ1v) is 6.83. The van der Waals surface area contributed by atoms with Crippen LogP contribution in [0, 0.1) is 5.92 Å². The van der Waals surface area contributed by atoms with Crippen molar-refractivity contribution >= 4 is 12.0 Å². The average molecular weight is 288 g/mol. The molecule has 20 heavy (non-hydrogen) atoms. The van der Waals surface area contributed by atoms with Gasteiger partial charge in [0.25, 0.3) is 0 Å². The van der Waals surface area contributed by atoms with Crippen molar-refractivity contribution in [3.63, 3.8) is 0 Å². The topological polar surface area (TPSA) is 79.3 Å². The summed E-state index contributed by atoms with van der Waals surface area (Å²) >= 11 is 0. The number of amides is 2. The van der Waals surface area contributed by atoms with Crippen molar-refractivity contribution in [2.24, 2.45) is 5.92 Å². The van der Waals surface area contributed by atoms with Crippen LogP contribution in [0.25, 0.3) is 0 Å². The molecule has 0 aromatic rings. The first-order valence-electron chi connectivity index (χ1n) is 6.83. The molecule has 0 heterocycles. The summed E-state index contributed by atoms with van der Waals surface area (Å²) in [5.74, 6) is -0.339. The first kappa shape index (κ1) is 16.7. The van der Waals surface area contributed by atoms with E-state index in [2.05, 4.69) is 0 Å². The number of hydrogen-bond donors (Lipinski definition) is 1. The predicted molar refractivity (Wildman–Crippen MR) is 72.7 cm³/mol. The number of aliphatic carboxylic acids is 1. The largest absolute Gasteiger partial charge is 0.480 e. The molecule has 1 N–H and O–H groups in total. The zero-order valence-corrected chi connectivity index (χ0v) is 12.2. The smallest absolute Gasteiger partial charge is 0.323 e. The number of methoxy groups -OCH3 is 1. The van der Waals surface area contributed by atoms with Gasteiger partial charge >= 0.3 is 12.0 Å². The molecule has 0 aliphatic heterocycles. The second-order valence-corrected chi connectivity index (χ2v) is 5.03. The maximum atomic E-state index is 12.1. The van der Waals surface area contributed by atoms with Gasteiger partial charge in [-0.1, -0.05) is 0 Å². The molecule has 0 radical (unpaired) electrons. The normalized spacial score (nSPS) is 14.1. The highest BCUT2D eigenvalue weighted by atomic mass is 16.5. The summed E-state index contributed by atoms with van der Waals surface area (Å²) in [6.07, 6.45) is 2.47. The van der Waals surface area contributed by atoms with Gasteiger partial charge in [-0.2, -0.15) is 0 Å². The van der Waals surface area contributed by atoms with Crippen molar-refractivity contribution < 1.29 is 24.2 Å². The molecule has 1 rings (SSSR count). The van der Waals surface area contributed by atoms with Crippen LogP contribution in [-0.4, -0.2) is 80.5 Å². The van der Waals surface area contributed by atoms with E-state index < -0.39 is 5.97 Å². The van der Waals surface area contributed by atoms with Crippen molar-refractivity contribution in [2.75, 3.05) is 53.6 Å². The van der Waals surface area contributed by atoms with Gasteiger partial charge in [0.2, 0.25) is 0 Å². The van der Waals surface area contributed by atoms with Gasteiger partial charge in [-0.3, -0.25) is 4.79 Å². The van der Waals surface area contributed by atoms with Gasteiger partial charge in [0.15, 0.2) is 0 Å². The predicted octanol–water partition coefficient (Wildman–Crippen LogP) is 0.498. The Labute approximate surface area is 119 Å². The number of rotatable bonds is 10. The summed E-state index contributed by atoms with van der Waals surface area (Å²) in [5.41, 5.74) is 0. The molecule has 0 saturated heterocycles. The fourth-order valence-electron chi connectivity index (χ4n) is 1.68. The van der Waals surface area contributed by atoms with Crippen LogP contribution in [0.4, 0.5) is 4.79 Å². The van der Waals surface area contributed by atoms with E-state index in [0.29, 0.717) is 25.7 Å². The highest BCUT2D eigenvalue weighted by Gasteiger charge is 2.22. The lowest BCUT2D eigenvalue weighted by Crippen LogP contribution is -2.46. The molecule has 0 aromatic heterocycles. The molecule has 1 aliphatic rings. The first-order chi connectivity index (χ1) is 9.54.